The molecule has 3 aromatic rings. The van der Waals surface area contributed by atoms with Crippen molar-refractivity contribution < 1.29 is 4.52 Å². The third-order valence-corrected chi connectivity index (χ3v) is 3.28. The lowest BCUT2D eigenvalue weighted by molar-refractivity contribution is 0.408. The summed E-state index contributed by atoms with van der Waals surface area (Å²) >= 11 is 5.85. The molecule has 0 amide bonds. The van der Waals surface area contributed by atoms with Crippen LogP contribution in [0.5, 0.6) is 0 Å². The van der Waals surface area contributed by atoms with Crippen LogP contribution in [-0.4, -0.2) is 30.6 Å². The number of aromatic nitrogens is 5. The smallest absolute Gasteiger partial charge is 0.213 e. The highest BCUT2D eigenvalue weighted by molar-refractivity contribution is 6.17. The van der Waals surface area contributed by atoms with Gasteiger partial charge in [-0.05, 0) is 19.1 Å². The second kappa shape index (κ2) is 5.58. The number of pyridine rings is 1. The Morgan fingerprint density at radius 1 is 1.25 bits per heavy atom. The molecular formula is C13H14ClN5O. The van der Waals surface area contributed by atoms with E-state index in [-0.39, 0.29) is 0 Å². The van der Waals surface area contributed by atoms with E-state index in [2.05, 4.69) is 24.7 Å². The molecule has 0 aromatic carbocycles. The van der Waals surface area contributed by atoms with Gasteiger partial charge in [0.05, 0.1) is 0 Å². The largest absolute Gasteiger partial charge is 0.343 e. The number of alkyl halides is 1. The first-order valence-corrected chi connectivity index (χ1v) is 6.95. The minimum Gasteiger partial charge on any atom is -0.343 e. The van der Waals surface area contributed by atoms with E-state index in [4.69, 9.17) is 16.1 Å². The van der Waals surface area contributed by atoms with Crippen LogP contribution in [0.4, 0.5) is 0 Å². The zero-order valence-electron chi connectivity index (χ0n) is 11.1. The molecule has 104 valence electrons. The summed E-state index contributed by atoms with van der Waals surface area (Å²) in [5, 5.41) is 3.82. The Labute approximate surface area is 120 Å². The first kappa shape index (κ1) is 13.1. The van der Waals surface area contributed by atoms with E-state index in [1.165, 1.54) is 6.39 Å². The Kier molecular flexibility index (Phi) is 3.64. The monoisotopic (exact) mass is 291 g/mol. The number of rotatable bonds is 5. The molecular weight excluding hydrogens is 278 g/mol. The van der Waals surface area contributed by atoms with Gasteiger partial charge in [-0.2, -0.15) is 4.98 Å². The maximum absolute atomic E-state index is 5.85. The van der Waals surface area contributed by atoms with Crippen molar-refractivity contribution in [1.29, 1.82) is 0 Å². The predicted octanol–water partition coefficient (Wildman–Crippen LogP) is 2.15. The van der Waals surface area contributed by atoms with Crippen LogP contribution < -0.4 is 0 Å². The van der Waals surface area contributed by atoms with Gasteiger partial charge >= 0.3 is 0 Å². The molecule has 0 spiro atoms. The van der Waals surface area contributed by atoms with Crippen molar-refractivity contribution in [2.75, 3.05) is 5.88 Å². The third kappa shape index (κ3) is 2.51. The topological polar surface area (TPSA) is 69.6 Å². The highest BCUT2D eigenvalue weighted by Gasteiger charge is 2.12. The lowest BCUT2D eigenvalue weighted by atomic mass is 10.3. The average Bonchev–Trinajstić information content (AvgIpc) is 3.04. The van der Waals surface area contributed by atoms with E-state index < -0.39 is 0 Å². The van der Waals surface area contributed by atoms with E-state index in [0.29, 0.717) is 31.1 Å². The molecule has 20 heavy (non-hydrogen) atoms. The Hall–Kier alpha value is -1.95. The van der Waals surface area contributed by atoms with Crippen LogP contribution in [0, 0.1) is 6.92 Å². The first-order valence-electron chi connectivity index (χ1n) is 6.42. The molecule has 0 unspecified atom stereocenters. The lowest BCUT2D eigenvalue weighted by Gasteiger charge is -2.06. The van der Waals surface area contributed by atoms with Gasteiger partial charge in [0.1, 0.15) is 11.3 Å². The van der Waals surface area contributed by atoms with Gasteiger partial charge in [0.15, 0.2) is 11.5 Å². The van der Waals surface area contributed by atoms with E-state index in [9.17, 15) is 0 Å². The minimum atomic E-state index is 0.532. The Morgan fingerprint density at radius 2 is 2.15 bits per heavy atom. The predicted molar refractivity (Wildman–Crippen MR) is 74.7 cm³/mol. The number of imidazole rings is 1. The van der Waals surface area contributed by atoms with Gasteiger partial charge in [0.25, 0.3) is 0 Å². The maximum atomic E-state index is 5.85. The van der Waals surface area contributed by atoms with Gasteiger partial charge in [-0.3, -0.25) is 0 Å². The summed E-state index contributed by atoms with van der Waals surface area (Å²) in [4.78, 5) is 13.2. The highest BCUT2D eigenvalue weighted by atomic mass is 35.5. The maximum Gasteiger partial charge on any atom is 0.213 e. The van der Waals surface area contributed by atoms with Crippen molar-refractivity contribution in [2.24, 2.45) is 0 Å². The summed E-state index contributed by atoms with van der Waals surface area (Å²) in [7, 11) is 0. The molecule has 7 heteroatoms. The van der Waals surface area contributed by atoms with Crippen molar-refractivity contribution in [3.63, 3.8) is 0 Å². The van der Waals surface area contributed by atoms with E-state index >= 15 is 0 Å². The number of nitrogens with zero attached hydrogens (tertiary/aromatic N) is 5. The minimum absolute atomic E-state index is 0.532. The van der Waals surface area contributed by atoms with Crippen LogP contribution in [0.2, 0.25) is 0 Å². The van der Waals surface area contributed by atoms with Crippen molar-refractivity contribution in [3.8, 4) is 0 Å². The van der Waals surface area contributed by atoms with Gasteiger partial charge in [-0.1, -0.05) is 5.16 Å². The number of aryl methyl sites for hydroxylation is 4. The molecule has 0 saturated heterocycles. The molecule has 6 nitrogen and oxygen atoms in total. The SMILES string of the molecule is Cc1ccc2nc(CCCl)n(CCc3ncon3)c2n1. The van der Waals surface area contributed by atoms with Gasteiger partial charge in [-0.25, -0.2) is 9.97 Å². The Bertz CT molecular complexity index is 707. The van der Waals surface area contributed by atoms with Crippen LogP contribution in [0.1, 0.15) is 17.3 Å². The quantitative estimate of drug-likeness (QED) is 0.674. The number of hydrogen-bond donors (Lipinski definition) is 0. The van der Waals surface area contributed by atoms with Gasteiger partial charge < -0.3 is 9.09 Å². The van der Waals surface area contributed by atoms with Crippen molar-refractivity contribution in [1.82, 2.24) is 24.7 Å². The molecule has 0 bridgehead atoms. The zero-order chi connectivity index (χ0) is 13.9. The lowest BCUT2D eigenvalue weighted by Crippen LogP contribution is -2.08. The zero-order valence-corrected chi connectivity index (χ0v) is 11.8. The molecule has 3 heterocycles. The second-order valence-electron chi connectivity index (χ2n) is 4.51. The molecule has 0 aliphatic carbocycles. The number of fused-ring (bicyclic) bond motifs is 1. The molecule has 3 aromatic heterocycles. The highest BCUT2D eigenvalue weighted by Crippen LogP contribution is 2.16. The summed E-state index contributed by atoms with van der Waals surface area (Å²) < 4.78 is 6.83. The van der Waals surface area contributed by atoms with Crippen molar-refractivity contribution in [2.45, 2.75) is 26.3 Å². The summed E-state index contributed by atoms with van der Waals surface area (Å²) in [5.41, 5.74) is 2.74. The van der Waals surface area contributed by atoms with Crippen LogP contribution in [0.15, 0.2) is 23.0 Å². The summed E-state index contributed by atoms with van der Waals surface area (Å²) in [6.45, 7) is 2.68. The fourth-order valence-electron chi connectivity index (χ4n) is 2.17. The molecule has 0 N–H and O–H groups in total. The van der Waals surface area contributed by atoms with Gasteiger partial charge in [0, 0.05) is 31.0 Å². The average molecular weight is 292 g/mol. The fourth-order valence-corrected chi connectivity index (χ4v) is 2.34. The molecule has 0 atom stereocenters. The van der Waals surface area contributed by atoms with E-state index in [1.807, 2.05) is 19.1 Å². The van der Waals surface area contributed by atoms with Crippen molar-refractivity contribution >= 4 is 22.8 Å². The second-order valence-corrected chi connectivity index (χ2v) is 4.89. The third-order valence-electron chi connectivity index (χ3n) is 3.09. The molecule has 0 aliphatic heterocycles. The van der Waals surface area contributed by atoms with Crippen LogP contribution in [0.3, 0.4) is 0 Å². The summed E-state index contributed by atoms with van der Waals surface area (Å²) in [5.74, 6) is 2.15. The molecule has 3 rings (SSSR count). The van der Waals surface area contributed by atoms with Gasteiger partial charge in [0.2, 0.25) is 6.39 Å². The summed E-state index contributed by atoms with van der Waals surface area (Å²) in [6, 6.07) is 3.95. The number of halogens is 1. The van der Waals surface area contributed by atoms with Gasteiger partial charge in [-0.15, -0.1) is 11.6 Å². The van der Waals surface area contributed by atoms with Crippen LogP contribution in [0.25, 0.3) is 11.2 Å². The molecule has 0 saturated carbocycles. The summed E-state index contributed by atoms with van der Waals surface area (Å²) in [6.07, 6.45) is 2.72. The first-order chi connectivity index (χ1) is 9.78. The van der Waals surface area contributed by atoms with Crippen LogP contribution >= 0.6 is 11.6 Å². The standard InChI is InChI=1S/C13H14ClN5O/c1-9-2-3-10-13(16-9)19(12(17-10)4-6-14)7-5-11-15-8-20-18-11/h2-3,8H,4-7H2,1H3. The molecule has 0 fully saturated rings. The Morgan fingerprint density at radius 3 is 2.90 bits per heavy atom. The Balaban J connectivity index is 1.96. The van der Waals surface area contributed by atoms with Crippen molar-refractivity contribution in [3.05, 3.63) is 35.9 Å². The number of hydrogen-bond acceptors (Lipinski definition) is 5. The normalized spacial score (nSPS) is 11.3. The fraction of sp³-hybridized carbons (Fsp3) is 0.385. The van der Waals surface area contributed by atoms with E-state index in [0.717, 1.165) is 22.7 Å². The van der Waals surface area contributed by atoms with E-state index in [1.54, 1.807) is 0 Å². The molecule has 0 aliphatic rings. The molecule has 0 radical (unpaired) electrons. The van der Waals surface area contributed by atoms with Crippen LogP contribution in [-0.2, 0) is 19.4 Å².